The van der Waals surface area contributed by atoms with E-state index in [4.69, 9.17) is 5.73 Å². The number of hydrogen-bond acceptors (Lipinski definition) is 3. The number of carbonyl (C=O) groups is 1. The number of aromatic nitrogens is 2. The Balaban J connectivity index is 0.00000162. The van der Waals surface area contributed by atoms with Gasteiger partial charge in [0.05, 0.1) is 16.8 Å². The summed E-state index contributed by atoms with van der Waals surface area (Å²) < 4.78 is 1.66. The van der Waals surface area contributed by atoms with Crippen molar-refractivity contribution in [1.29, 1.82) is 0 Å². The quantitative estimate of drug-likeness (QED) is 0.867. The van der Waals surface area contributed by atoms with Crippen molar-refractivity contribution < 1.29 is 4.79 Å². The lowest BCUT2D eigenvalue weighted by molar-refractivity contribution is 0.0902. The van der Waals surface area contributed by atoms with Gasteiger partial charge in [-0.3, -0.25) is 9.48 Å². The second kappa shape index (κ2) is 5.71. The monoisotopic (exact) mass is 272 g/mol. The zero-order chi connectivity index (χ0) is 12.5. The molecule has 0 aliphatic heterocycles. The molecule has 1 fully saturated rings. The van der Waals surface area contributed by atoms with Crippen LogP contribution in [0.4, 0.5) is 0 Å². The van der Waals surface area contributed by atoms with Gasteiger partial charge >= 0.3 is 0 Å². The summed E-state index contributed by atoms with van der Waals surface area (Å²) in [6.07, 6.45) is 6.00. The molecule has 0 radical (unpaired) electrons. The molecule has 0 spiro atoms. The molecule has 2 rings (SSSR count). The molecule has 18 heavy (non-hydrogen) atoms. The Morgan fingerprint density at radius 3 is 2.61 bits per heavy atom. The van der Waals surface area contributed by atoms with Crippen molar-refractivity contribution in [2.24, 2.45) is 12.8 Å². The second-order valence-corrected chi connectivity index (χ2v) is 4.95. The van der Waals surface area contributed by atoms with Gasteiger partial charge in [-0.15, -0.1) is 12.4 Å². The van der Waals surface area contributed by atoms with Crippen molar-refractivity contribution in [3.8, 4) is 0 Å². The standard InChI is InChI=1S/C12H20N4O.ClH/c1-9-10(7-16(2)15-9)11(17)14-12(8-13)5-3-4-6-12;/h7H,3-6,8,13H2,1-2H3,(H,14,17);1H. The fourth-order valence-electron chi connectivity index (χ4n) is 2.56. The van der Waals surface area contributed by atoms with Gasteiger partial charge < -0.3 is 11.1 Å². The molecule has 0 aromatic carbocycles. The lowest BCUT2D eigenvalue weighted by Crippen LogP contribution is -2.51. The number of rotatable bonds is 3. The predicted molar refractivity (Wildman–Crippen MR) is 72.9 cm³/mol. The summed E-state index contributed by atoms with van der Waals surface area (Å²) in [4.78, 5) is 12.2. The van der Waals surface area contributed by atoms with E-state index >= 15 is 0 Å². The summed E-state index contributed by atoms with van der Waals surface area (Å²) in [5.41, 5.74) is 7.01. The number of carbonyl (C=O) groups excluding carboxylic acids is 1. The minimum Gasteiger partial charge on any atom is -0.345 e. The molecule has 6 heteroatoms. The Hall–Kier alpha value is -1.07. The molecule has 1 saturated carbocycles. The Bertz CT molecular complexity index is 424. The van der Waals surface area contributed by atoms with Crippen molar-refractivity contribution in [3.05, 3.63) is 17.5 Å². The fraction of sp³-hybridized carbons (Fsp3) is 0.667. The number of amides is 1. The molecule has 0 saturated heterocycles. The molecule has 0 atom stereocenters. The molecule has 1 amide bonds. The first-order valence-electron chi connectivity index (χ1n) is 6.09. The van der Waals surface area contributed by atoms with Crippen molar-refractivity contribution in [1.82, 2.24) is 15.1 Å². The Kier molecular flexibility index (Phi) is 4.76. The molecule has 1 aliphatic rings. The predicted octanol–water partition coefficient (Wildman–Crippen LogP) is 1.15. The van der Waals surface area contributed by atoms with Crippen LogP contribution < -0.4 is 11.1 Å². The van der Waals surface area contributed by atoms with E-state index in [0.29, 0.717) is 12.1 Å². The van der Waals surface area contributed by atoms with Gasteiger partial charge in [0.1, 0.15) is 0 Å². The molecule has 5 nitrogen and oxygen atoms in total. The molecule has 1 aromatic rings. The minimum absolute atomic E-state index is 0. The van der Waals surface area contributed by atoms with Gasteiger partial charge in [0, 0.05) is 19.8 Å². The highest BCUT2D eigenvalue weighted by molar-refractivity contribution is 5.95. The summed E-state index contributed by atoms with van der Waals surface area (Å²) in [6, 6.07) is 0. The summed E-state index contributed by atoms with van der Waals surface area (Å²) in [5.74, 6) is -0.0528. The molecular formula is C12H21ClN4O. The summed E-state index contributed by atoms with van der Waals surface area (Å²) in [7, 11) is 1.82. The Labute approximate surface area is 114 Å². The van der Waals surface area contributed by atoms with Gasteiger partial charge in [0.25, 0.3) is 5.91 Å². The van der Waals surface area contributed by atoms with Gasteiger partial charge in [-0.2, -0.15) is 5.10 Å². The molecule has 3 N–H and O–H groups in total. The number of nitrogens with two attached hydrogens (primary N) is 1. The van der Waals surface area contributed by atoms with Crippen LogP contribution in [0.15, 0.2) is 6.20 Å². The largest absolute Gasteiger partial charge is 0.345 e. The summed E-state index contributed by atoms with van der Waals surface area (Å²) in [6.45, 7) is 2.36. The smallest absolute Gasteiger partial charge is 0.255 e. The zero-order valence-electron chi connectivity index (χ0n) is 10.9. The highest BCUT2D eigenvalue weighted by Gasteiger charge is 2.34. The first-order valence-corrected chi connectivity index (χ1v) is 6.09. The molecule has 1 heterocycles. The topological polar surface area (TPSA) is 72.9 Å². The van der Waals surface area contributed by atoms with Crippen LogP contribution in [0, 0.1) is 6.92 Å². The third-order valence-corrected chi connectivity index (χ3v) is 3.59. The van der Waals surface area contributed by atoms with Crippen LogP contribution >= 0.6 is 12.4 Å². The molecule has 0 bridgehead atoms. The van der Waals surface area contributed by atoms with Gasteiger partial charge in [-0.05, 0) is 19.8 Å². The maximum absolute atomic E-state index is 12.2. The lowest BCUT2D eigenvalue weighted by atomic mass is 9.97. The van der Waals surface area contributed by atoms with Gasteiger partial charge in [0.2, 0.25) is 0 Å². The maximum atomic E-state index is 12.2. The first kappa shape index (κ1) is 15.0. The molecular weight excluding hydrogens is 252 g/mol. The highest BCUT2D eigenvalue weighted by Crippen LogP contribution is 2.29. The number of hydrogen-bond donors (Lipinski definition) is 2. The SMILES string of the molecule is Cc1nn(C)cc1C(=O)NC1(CN)CCCC1.Cl. The van der Waals surface area contributed by atoms with Crippen LogP contribution in [0.5, 0.6) is 0 Å². The zero-order valence-corrected chi connectivity index (χ0v) is 11.7. The Morgan fingerprint density at radius 1 is 1.56 bits per heavy atom. The average Bonchev–Trinajstić information content (AvgIpc) is 2.86. The number of aryl methyl sites for hydroxylation is 2. The molecule has 1 aromatic heterocycles. The van der Waals surface area contributed by atoms with Crippen LogP contribution in [0.1, 0.15) is 41.7 Å². The molecule has 0 unspecified atom stereocenters. The van der Waals surface area contributed by atoms with E-state index in [1.807, 2.05) is 14.0 Å². The molecule has 102 valence electrons. The highest BCUT2D eigenvalue weighted by atomic mass is 35.5. The third kappa shape index (κ3) is 2.84. The van der Waals surface area contributed by atoms with Crippen molar-refractivity contribution in [2.45, 2.75) is 38.1 Å². The lowest BCUT2D eigenvalue weighted by Gasteiger charge is -2.28. The number of nitrogens with one attached hydrogen (secondary N) is 1. The fourth-order valence-corrected chi connectivity index (χ4v) is 2.56. The van der Waals surface area contributed by atoms with E-state index in [2.05, 4.69) is 10.4 Å². The third-order valence-electron chi connectivity index (χ3n) is 3.59. The van der Waals surface area contributed by atoms with E-state index in [0.717, 1.165) is 31.4 Å². The van der Waals surface area contributed by atoms with Crippen LogP contribution in [0.2, 0.25) is 0 Å². The number of nitrogens with zero attached hydrogens (tertiary/aromatic N) is 2. The summed E-state index contributed by atoms with van der Waals surface area (Å²) >= 11 is 0. The van der Waals surface area contributed by atoms with Crippen molar-refractivity contribution in [2.75, 3.05) is 6.54 Å². The normalized spacial score (nSPS) is 17.3. The van der Waals surface area contributed by atoms with E-state index in [-0.39, 0.29) is 23.9 Å². The van der Waals surface area contributed by atoms with Crippen LogP contribution in [-0.2, 0) is 7.05 Å². The van der Waals surface area contributed by atoms with Crippen LogP contribution in [-0.4, -0.2) is 27.8 Å². The van der Waals surface area contributed by atoms with Crippen molar-refractivity contribution in [3.63, 3.8) is 0 Å². The van der Waals surface area contributed by atoms with Gasteiger partial charge in [-0.1, -0.05) is 12.8 Å². The average molecular weight is 273 g/mol. The van der Waals surface area contributed by atoms with E-state index in [1.54, 1.807) is 10.9 Å². The second-order valence-electron chi connectivity index (χ2n) is 4.95. The van der Waals surface area contributed by atoms with Crippen molar-refractivity contribution >= 4 is 18.3 Å². The van der Waals surface area contributed by atoms with E-state index in [9.17, 15) is 4.79 Å². The van der Waals surface area contributed by atoms with E-state index < -0.39 is 0 Å². The van der Waals surface area contributed by atoms with Crippen LogP contribution in [0.3, 0.4) is 0 Å². The number of halogens is 1. The van der Waals surface area contributed by atoms with Crippen LogP contribution in [0.25, 0.3) is 0 Å². The summed E-state index contributed by atoms with van der Waals surface area (Å²) in [5, 5.41) is 7.28. The van der Waals surface area contributed by atoms with E-state index in [1.165, 1.54) is 0 Å². The molecule has 1 aliphatic carbocycles. The first-order chi connectivity index (χ1) is 8.06. The maximum Gasteiger partial charge on any atom is 0.255 e. The van der Waals surface area contributed by atoms with Gasteiger partial charge in [-0.25, -0.2) is 0 Å². The Morgan fingerprint density at radius 2 is 2.17 bits per heavy atom. The van der Waals surface area contributed by atoms with Gasteiger partial charge in [0.15, 0.2) is 0 Å². The minimum atomic E-state index is -0.195.